The van der Waals surface area contributed by atoms with E-state index in [4.69, 9.17) is 17.3 Å². The lowest BCUT2D eigenvalue weighted by atomic mass is 10.1. The van der Waals surface area contributed by atoms with E-state index in [-0.39, 0.29) is 5.91 Å². The summed E-state index contributed by atoms with van der Waals surface area (Å²) in [5.74, 6) is -0.174. The minimum atomic E-state index is -0.174. The Hall–Kier alpha value is -1.36. The van der Waals surface area contributed by atoms with E-state index >= 15 is 0 Å². The van der Waals surface area contributed by atoms with Gasteiger partial charge in [-0.05, 0) is 58.7 Å². The Morgan fingerprint density at radius 1 is 1.25 bits per heavy atom. The third-order valence-corrected chi connectivity index (χ3v) is 3.97. The lowest BCUT2D eigenvalue weighted by Crippen LogP contribution is -2.13. The van der Waals surface area contributed by atoms with Crippen LogP contribution in [-0.4, -0.2) is 12.5 Å². The second-order valence-corrected chi connectivity index (χ2v) is 5.51. The Bertz CT molecular complexity index is 617. The number of carbonyl (C=O) groups excluding carboxylic acids is 1. The fourth-order valence-electron chi connectivity index (χ4n) is 1.86. The van der Waals surface area contributed by atoms with Gasteiger partial charge in [0.1, 0.15) is 0 Å². The van der Waals surface area contributed by atoms with Crippen LogP contribution >= 0.6 is 27.5 Å². The lowest BCUT2D eigenvalue weighted by molar-refractivity contribution is 0.102. The van der Waals surface area contributed by atoms with Crippen molar-refractivity contribution in [2.75, 3.05) is 11.9 Å². The van der Waals surface area contributed by atoms with Crippen LogP contribution in [0, 0.1) is 0 Å². The van der Waals surface area contributed by atoms with Gasteiger partial charge in [0.15, 0.2) is 0 Å². The quantitative estimate of drug-likeness (QED) is 0.877. The molecule has 0 aromatic heterocycles. The first-order valence-electron chi connectivity index (χ1n) is 6.16. The SMILES string of the molecule is NCCc1cc(Cl)cc(NC(=O)c2ccccc2)c1Br. The Balaban J connectivity index is 2.27. The first kappa shape index (κ1) is 15.0. The molecule has 0 aliphatic rings. The van der Waals surface area contributed by atoms with Crippen molar-refractivity contribution in [3.63, 3.8) is 0 Å². The predicted molar refractivity (Wildman–Crippen MR) is 86.3 cm³/mol. The van der Waals surface area contributed by atoms with Crippen molar-refractivity contribution in [3.8, 4) is 0 Å². The summed E-state index contributed by atoms with van der Waals surface area (Å²) in [5, 5.41) is 3.42. The second-order valence-electron chi connectivity index (χ2n) is 4.29. The molecular formula is C15H14BrClN2O. The molecule has 0 fully saturated rings. The van der Waals surface area contributed by atoms with Crippen molar-refractivity contribution in [1.29, 1.82) is 0 Å². The Morgan fingerprint density at radius 2 is 1.95 bits per heavy atom. The molecule has 0 aliphatic heterocycles. The van der Waals surface area contributed by atoms with Crippen molar-refractivity contribution < 1.29 is 4.79 Å². The van der Waals surface area contributed by atoms with E-state index < -0.39 is 0 Å². The van der Waals surface area contributed by atoms with E-state index in [0.29, 0.717) is 29.2 Å². The first-order chi connectivity index (χ1) is 9.61. The van der Waals surface area contributed by atoms with Gasteiger partial charge in [0, 0.05) is 15.1 Å². The van der Waals surface area contributed by atoms with Crippen LogP contribution in [0.25, 0.3) is 0 Å². The van der Waals surface area contributed by atoms with E-state index in [1.54, 1.807) is 18.2 Å². The molecule has 2 aromatic rings. The summed E-state index contributed by atoms with van der Waals surface area (Å²) < 4.78 is 0.816. The van der Waals surface area contributed by atoms with Crippen LogP contribution < -0.4 is 11.1 Å². The molecule has 0 atom stereocenters. The minimum absolute atomic E-state index is 0.174. The molecule has 0 unspecified atom stereocenters. The molecule has 3 nitrogen and oxygen atoms in total. The van der Waals surface area contributed by atoms with Gasteiger partial charge in [-0.3, -0.25) is 4.79 Å². The van der Waals surface area contributed by atoms with Gasteiger partial charge in [-0.25, -0.2) is 0 Å². The van der Waals surface area contributed by atoms with E-state index in [9.17, 15) is 4.79 Å². The number of rotatable bonds is 4. The van der Waals surface area contributed by atoms with Gasteiger partial charge < -0.3 is 11.1 Å². The summed E-state index contributed by atoms with van der Waals surface area (Å²) in [5.41, 5.74) is 7.79. The summed E-state index contributed by atoms with van der Waals surface area (Å²) in [6.45, 7) is 0.519. The van der Waals surface area contributed by atoms with Crippen molar-refractivity contribution in [1.82, 2.24) is 0 Å². The molecule has 2 rings (SSSR count). The average Bonchev–Trinajstić information content (AvgIpc) is 2.45. The highest BCUT2D eigenvalue weighted by atomic mass is 79.9. The summed E-state index contributed by atoms with van der Waals surface area (Å²) in [4.78, 5) is 12.1. The zero-order chi connectivity index (χ0) is 14.5. The van der Waals surface area contributed by atoms with Crippen LogP contribution in [0.5, 0.6) is 0 Å². The molecule has 3 N–H and O–H groups in total. The van der Waals surface area contributed by atoms with Crippen LogP contribution in [-0.2, 0) is 6.42 Å². The van der Waals surface area contributed by atoms with E-state index in [1.165, 1.54) is 0 Å². The molecule has 0 heterocycles. The van der Waals surface area contributed by atoms with Crippen molar-refractivity contribution in [2.45, 2.75) is 6.42 Å². The van der Waals surface area contributed by atoms with Crippen LogP contribution in [0.1, 0.15) is 15.9 Å². The van der Waals surface area contributed by atoms with Crippen molar-refractivity contribution in [2.24, 2.45) is 5.73 Å². The third-order valence-electron chi connectivity index (χ3n) is 2.81. The van der Waals surface area contributed by atoms with Crippen molar-refractivity contribution in [3.05, 3.63) is 63.1 Å². The fraction of sp³-hybridized carbons (Fsp3) is 0.133. The van der Waals surface area contributed by atoms with E-state index in [2.05, 4.69) is 21.2 Å². The van der Waals surface area contributed by atoms with Gasteiger partial charge in [0.25, 0.3) is 5.91 Å². The Morgan fingerprint density at radius 3 is 2.60 bits per heavy atom. The molecule has 0 radical (unpaired) electrons. The average molecular weight is 354 g/mol. The number of anilines is 1. The molecule has 5 heteroatoms. The van der Waals surface area contributed by atoms with Gasteiger partial charge in [-0.15, -0.1) is 0 Å². The highest BCUT2D eigenvalue weighted by Gasteiger charge is 2.11. The fourth-order valence-corrected chi connectivity index (χ4v) is 2.63. The van der Waals surface area contributed by atoms with Crippen LogP contribution in [0.15, 0.2) is 46.9 Å². The smallest absolute Gasteiger partial charge is 0.255 e. The Labute approximate surface area is 131 Å². The molecule has 1 amide bonds. The van der Waals surface area contributed by atoms with Gasteiger partial charge in [-0.2, -0.15) is 0 Å². The van der Waals surface area contributed by atoms with E-state index in [0.717, 1.165) is 10.0 Å². The van der Waals surface area contributed by atoms with Gasteiger partial charge in [0.2, 0.25) is 0 Å². The maximum atomic E-state index is 12.1. The number of nitrogens with one attached hydrogen (secondary N) is 1. The number of hydrogen-bond acceptors (Lipinski definition) is 2. The number of hydrogen-bond donors (Lipinski definition) is 2. The standard InChI is InChI=1S/C15H14BrClN2O/c16-14-11(6-7-18)8-12(17)9-13(14)19-15(20)10-4-2-1-3-5-10/h1-5,8-9H,6-7,18H2,(H,19,20). The maximum absolute atomic E-state index is 12.1. The predicted octanol–water partition coefficient (Wildman–Crippen LogP) is 3.86. The summed E-state index contributed by atoms with van der Waals surface area (Å²) in [6.07, 6.45) is 0.690. The Kier molecular flexibility index (Phi) is 5.17. The van der Waals surface area contributed by atoms with Gasteiger partial charge >= 0.3 is 0 Å². The number of amides is 1. The second kappa shape index (κ2) is 6.88. The van der Waals surface area contributed by atoms with E-state index in [1.807, 2.05) is 24.3 Å². The number of nitrogens with two attached hydrogens (primary N) is 1. The monoisotopic (exact) mass is 352 g/mol. The highest BCUT2D eigenvalue weighted by Crippen LogP contribution is 2.31. The molecule has 2 aromatic carbocycles. The largest absolute Gasteiger partial charge is 0.330 e. The lowest BCUT2D eigenvalue weighted by Gasteiger charge is -2.12. The minimum Gasteiger partial charge on any atom is -0.330 e. The molecule has 20 heavy (non-hydrogen) atoms. The number of halogens is 2. The molecule has 0 spiro atoms. The number of benzene rings is 2. The first-order valence-corrected chi connectivity index (χ1v) is 7.33. The molecule has 0 bridgehead atoms. The molecule has 0 aliphatic carbocycles. The van der Waals surface area contributed by atoms with Crippen LogP contribution in [0.3, 0.4) is 0 Å². The van der Waals surface area contributed by atoms with Gasteiger partial charge in [0.05, 0.1) is 5.69 Å². The maximum Gasteiger partial charge on any atom is 0.255 e. The van der Waals surface area contributed by atoms with Gasteiger partial charge in [-0.1, -0.05) is 29.8 Å². The number of carbonyl (C=O) groups is 1. The van der Waals surface area contributed by atoms with Crippen LogP contribution in [0.4, 0.5) is 5.69 Å². The summed E-state index contributed by atoms with van der Waals surface area (Å²) >= 11 is 9.56. The topological polar surface area (TPSA) is 55.1 Å². The summed E-state index contributed by atoms with van der Waals surface area (Å²) in [6, 6.07) is 12.6. The molecule has 104 valence electrons. The zero-order valence-corrected chi connectivity index (χ0v) is 13.0. The summed E-state index contributed by atoms with van der Waals surface area (Å²) in [7, 11) is 0. The third kappa shape index (κ3) is 3.60. The normalized spacial score (nSPS) is 10.3. The van der Waals surface area contributed by atoms with Crippen molar-refractivity contribution >= 4 is 39.1 Å². The van der Waals surface area contributed by atoms with Crippen LogP contribution in [0.2, 0.25) is 5.02 Å². The molecule has 0 saturated heterocycles. The zero-order valence-electron chi connectivity index (χ0n) is 10.7. The highest BCUT2D eigenvalue weighted by molar-refractivity contribution is 9.10. The molecule has 0 saturated carbocycles. The molecular weight excluding hydrogens is 340 g/mol.